The van der Waals surface area contributed by atoms with Gasteiger partial charge in [-0.05, 0) is 53.2 Å². The van der Waals surface area contributed by atoms with Crippen molar-refractivity contribution < 1.29 is 9.13 Å². The smallest absolute Gasteiger partial charge is 0.137 e. The van der Waals surface area contributed by atoms with E-state index in [1.807, 2.05) is 6.07 Å². The van der Waals surface area contributed by atoms with Crippen LogP contribution in [0.1, 0.15) is 24.8 Å². The summed E-state index contributed by atoms with van der Waals surface area (Å²) in [7, 11) is 0. The highest BCUT2D eigenvalue weighted by atomic mass is 79.9. The number of ether oxygens (including phenoxy) is 1. The van der Waals surface area contributed by atoms with Crippen LogP contribution in [0.3, 0.4) is 0 Å². The van der Waals surface area contributed by atoms with Crippen LogP contribution in [0.4, 0.5) is 4.39 Å². The maximum Gasteiger partial charge on any atom is 0.137 e. The fraction of sp³-hybridized carbons (Fsp3) is 0.538. The van der Waals surface area contributed by atoms with Gasteiger partial charge in [-0.3, -0.25) is 0 Å². The lowest BCUT2D eigenvalue weighted by Crippen LogP contribution is -2.50. The summed E-state index contributed by atoms with van der Waals surface area (Å²) >= 11 is 3.29. The number of hydrogen-bond acceptors (Lipinski definition) is 2. The molecule has 3 atom stereocenters. The quantitative estimate of drug-likeness (QED) is 0.911. The van der Waals surface area contributed by atoms with Gasteiger partial charge in [0.1, 0.15) is 5.82 Å². The normalized spacial score (nSPS) is 35.5. The minimum absolute atomic E-state index is 0.141. The van der Waals surface area contributed by atoms with Gasteiger partial charge in [0.05, 0.1) is 16.7 Å². The molecule has 17 heavy (non-hydrogen) atoms. The molecule has 0 saturated carbocycles. The number of nitrogens with two attached hydrogens (primary N) is 1. The van der Waals surface area contributed by atoms with Crippen molar-refractivity contribution in [2.75, 3.05) is 0 Å². The summed E-state index contributed by atoms with van der Waals surface area (Å²) in [6.45, 7) is 0. The lowest BCUT2D eigenvalue weighted by atomic mass is 9.78. The summed E-state index contributed by atoms with van der Waals surface area (Å²) in [4.78, 5) is 0. The second kappa shape index (κ2) is 4.04. The first-order valence-electron chi connectivity index (χ1n) is 5.96. The van der Waals surface area contributed by atoms with Crippen LogP contribution in [0.25, 0.3) is 0 Å². The van der Waals surface area contributed by atoms with Gasteiger partial charge in [-0.25, -0.2) is 4.39 Å². The van der Waals surface area contributed by atoms with Crippen LogP contribution in [0.5, 0.6) is 0 Å². The van der Waals surface area contributed by atoms with Crippen molar-refractivity contribution in [2.24, 2.45) is 5.73 Å². The molecule has 0 spiro atoms. The maximum atomic E-state index is 13.4. The van der Waals surface area contributed by atoms with Gasteiger partial charge in [-0.15, -0.1) is 0 Å². The average molecular weight is 300 g/mol. The van der Waals surface area contributed by atoms with Crippen molar-refractivity contribution in [3.63, 3.8) is 0 Å². The summed E-state index contributed by atoms with van der Waals surface area (Å²) in [6, 6.07) is 5.11. The third kappa shape index (κ3) is 1.92. The fourth-order valence-electron chi connectivity index (χ4n) is 3.06. The van der Waals surface area contributed by atoms with E-state index < -0.39 is 0 Å². The summed E-state index contributed by atoms with van der Waals surface area (Å²) < 4.78 is 19.8. The molecule has 4 heteroatoms. The number of rotatable bonds is 2. The van der Waals surface area contributed by atoms with Crippen LogP contribution in [0.15, 0.2) is 22.7 Å². The van der Waals surface area contributed by atoms with Gasteiger partial charge in [0.2, 0.25) is 0 Å². The lowest BCUT2D eigenvalue weighted by Gasteiger charge is -2.31. The first-order chi connectivity index (χ1) is 8.08. The zero-order chi connectivity index (χ0) is 12.0. The van der Waals surface area contributed by atoms with E-state index in [0.29, 0.717) is 17.0 Å². The van der Waals surface area contributed by atoms with Gasteiger partial charge in [-0.1, -0.05) is 12.1 Å². The molecule has 2 saturated heterocycles. The molecule has 2 aliphatic heterocycles. The highest BCUT2D eigenvalue weighted by Gasteiger charge is 2.49. The molecular formula is C13H15BrFNO. The van der Waals surface area contributed by atoms with E-state index in [4.69, 9.17) is 10.5 Å². The topological polar surface area (TPSA) is 35.2 Å². The van der Waals surface area contributed by atoms with Gasteiger partial charge < -0.3 is 10.5 Å². The zero-order valence-corrected chi connectivity index (χ0v) is 11.0. The number of hydrogen-bond donors (Lipinski definition) is 1. The van der Waals surface area contributed by atoms with Crippen LogP contribution in [-0.2, 0) is 11.2 Å². The molecule has 2 bridgehead atoms. The fourth-order valence-corrected chi connectivity index (χ4v) is 3.46. The van der Waals surface area contributed by atoms with E-state index >= 15 is 0 Å². The van der Waals surface area contributed by atoms with Crippen molar-refractivity contribution >= 4 is 15.9 Å². The Bertz CT molecular complexity index is 453. The summed E-state index contributed by atoms with van der Waals surface area (Å²) in [5.74, 6) is -0.227. The van der Waals surface area contributed by atoms with Crippen LogP contribution >= 0.6 is 15.9 Å². The minimum Gasteiger partial charge on any atom is -0.373 e. The highest BCUT2D eigenvalue weighted by Crippen LogP contribution is 2.42. The molecular weight excluding hydrogens is 285 g/mol. The molecule has 3 unspecified atom stereocenters. The SMILES string of the molecule is NC1(Cc2cccc(F)c2Br)CC2CCC1O2. The predicted octanol–water partition coefficient (Wildman–Crippen LogP) is 2.78. The van der Waals surface area contributed by atoms with Gasteiger partial charge in [-0.2, -0.15) is 0 Å². The predicted molar refractivity (Wildman–Crippen MR) is 67.2 cm³/mol. The van der Waals surface area contributed by atoms with Crippen molar-refractivity contribution in [3.05, 3.63) is 34.1 Å². The van der Waals surface area contributed by atoms with Crippen molar-refractivity contribution in [1.82, 2.24) is 0 Å². The van der Waals surface area contributed by atoms with E-state index in [-0.39, 0.29) is 17.5 Å². The number of benzene rings is 1. The Morgan fingerprint density at radius 1 is 1.47 bits per heavy atom. The Balaban J connectivity index is 1.85. The number of halogens is 2. The second-order valence-electron chi connectivity index (χ2n) is 5.15. The molecule has 1 aromatic rings. The van der Waals surface area contributed by atoms with Gasteiger partial charge in [0.25, 0.3) is 0 Å². The number of fused-ring (bicyclic) bond motifs is 2. The first-order valence-corrected chi connectivity index (χ1v) is 6.75. The Morgan fingerprint density at radius 3 is 2.94 bits per heavy atom. The molecule has 2 N–H and O–H groups in total. The third-order valence-electron chi connectivity index (χ3n) is 3.91. The second-order valence-corrected chi connectivity index (χ2v) is 5.94. The Kier molecular flexibility index (Phi) is 2.76. The Hall–Kier alpha value is -0.450. The van der Waals surface area contributed by atoms with Gasteiger partial charge in [0, 0.05) is 5.54 Å². The molecule has 2 nitrogen and oxygen atoms in total. The zero-order valence-electron chi connectivity index (χ0n) is 9.46. The van der Waals surface area contributed by atoms with E-state index in [9.17, 15) is 4.39 Å². The molecule has 0 amide bonds. The molecule has 2 aliphatic rings. The molecule has 92 valence electrons. The standard InChI is InChI=1S/C13H15BrFNO/c14-12-8(2-1-3-10(12)15)6-13(16)7-9-4-5-11(13)17-9/h1-3,9,11H,4-7,16H2. The van der Waals surface area contributed by atoms with Gasteiger partial charge in [0.15, 0.2) is 0 Å². The van der Waals surface area contributed by atoms with Gasteiger partial charge >= 0.3 is 0 Å². The third-order valence-corrected chi connectivity index (χ3v) is 4.80. The molecule has 3 rings (SSSR count). The van der Waals surface area contributed by atoms with Crippen LogP contribution in [-0.4, -0.2) is 17.7 Å². The van der Waals surface area contributed by atoms with E-state index in [0.717, 1.165) is 24.8 Å². The average Bonchev–Trinajstić information content (AvgIpc) is 2.84. The summed E-state index contributed by atoms with van der Waals surface area (Å²) in [5.41, 5.74) is 7.04. The minimum atomic E-state index is -0.320. The largest absolute Gasteiger partial charge is 0.373 e. The maximum absolute atomic E-state index is 13.4. The lowest BCUT2D eigenvalue weighted by molar-refractivity contribution is 0.0856. The molecule has 2 fully saturated rings. The first kappa shape index (κ1) is 11.6. The van der Waals surface area contributed by atoms with Crippen molar-refractivity contribution in [1.29, 1.82) is 0 Å². The summed E-state index contributed by atoms with van der Waals surface area (Å²) in [6.07, 6.45) is 4.18. The monoisotopic (exact) mass is 299 g/mol. The van der Waals surface area contributed by atoms with Crippen molar-refractivity contribution in [3.8, 4) is 0 Å². The summed E-state index contributed by atoms with van der Waals surface area (Å²) in [5, 5.41) is 0. The van der Waals surface area contributed by atoms with Crippen molar-refractivity contribution in [2.45, 2.75) is 43.4 Å². The van der Waals surface area contributed by atoms with E-state index in [1.165, 1.54) is 6.07 Å². The Labute approximate surface area is 108 Å². The van der Waals surface area contributed by atoms with Crippen LogP contribution in [0, 0.1) is 5.82 Å². The van der Waals surface area contributed by atoms with Crippen LogP contribution < -0.4 is 5.73 Å². The highest BCUT2D eigenvalue weighted by molar-refractivity contribution is 9.10. The van der Waals surface area contributed by atoms with Crippen LogP contribution in [0.2, 0.25) is 0 Å². The molecule has 0 aromatic heterocycles. The molecule has 2 heterocycles. The molecule has 1 aromatic carbocycles. The molecule has 0 aliphatic carbocycles. The molecule has 0 radical (unpaired) electrons. The Morgan fingerprint density at radius 2 is 2.29 bits per heavy atom. The van der Waals surface area contributed by atoms with E-state index in [1.54, 1.807) is 6.07 Å². The van der Waals surface area contributed by atoms with E-state index in [2.05, 4.69) is 15.9 Å².